The second-order valence-corrected chi connectivity index (χ2v) is 4.93. The van der Waals surface area contributed by atoms with Crippen molar-refractivity contribution in [2.75, 3.05) is 6.54 Å². The molecule has 0 amide bonds. The molecule has 0 saturated heterocycles. The number of nitrogens with zero attached hydrogens (tertiary/aromatic N) is 2. The summed E-state index contributed by atoms with van der Waals surface area (Å²) in [5.41, 5.74) is 2.42. The van der Waals surface area contributed by atoms with E-state index in [-0.39, 0.29) is 11.9 Å². The maximum absolute atomic E-state index is 14.1. The standard InChI is InChI=1S/C14H17ClFN3/c1-4-17-14(13-7-9(2)18-19(13)3)11-6-5-10(15)8-12(11)16/h5-8,14,17H,4H2,1-3H3. The molecule has 1 heterocycles. The fourth-order valence-electron chi connectivity index (χ4n) is 2.21. The summed E-state index contributed by atoms with van der Waals surface area (Å²) in [7, 11) is 1.86. The number of benzene rings is 1. The van der Waals surface area contributed by atoms with E-state index < -0.39 is 0 Å². The highest BCUT2D eigenvalue weighted by Crippen LogP contribution is 2.26. The molecule has 0 aliphatic heterocycles. The van der Waals surface area contributed by atoms with Gasteiger partial charge in [0.05, 0.1) is 17.4 Å². The van der Waals surface area contributed by atoms with Gasteiger partial charge in [0.15, 0.2) is 0 Å². The molecule has 102 valence electrons. The highest BCUT2D eigenvalue weighted by molar-refractivity contribution is 6.30. The Morgan fingerprint density at radius 1 is 1.42 bits per heavy atom. The minimum Gasteiger partial charge on any atom is -0.305 e. The van der Waals surface area contributed by atoms with E-state index in [1.165, 1.54) is 6.07 Å². The summed E-state index contributed by atoms with van der Waals surface area (Å²) in [6.45, 7) is 4.64. The molecule has 0 saturated carbocycles. The molecule has 1 aromatic carbocycles. The highest BCUT2D eigenvalue weighted by Gasteiger charge is 2.20. The number of nitrogens with one attached hydrogen (secondary N) is 1. The first-order valence-electron chi connectivity index (χ1n) is 6.21. The minimum absolute atomic E-state index is 0.228. The molecule has 0 bridgehead atoms. The van der Waals surface area contributed by atoms with E-state index in [1.807, 2.05) is 27.0 Å². The quantitative estimate of drug-likeness (QED) is 0.932. The summed E-state index contributed by atoms with van der Waals surface area (Å²) >= 11 is 5.80. The van der Waals surface area contributed by atoms with E-state index in [0.29, 0.717) is 10.6 Å². The van der Waals surface area contributed by atoms with Crippen molar-refractivity contribution in [3.8, 4) is 0 Å². The first kappa shape index (κ1) is 14.0. The van der Waals surface area contributed by atoms with Crippen LogP contribution in [0.15, 0.2) is 24.3 Å². The number of hydrogen-bond donors (Lipinski definition) is 1. The molecule has 3 nitrogen and oxygen atoms in total. The molecule has 0 fully saturated rings. The van der Waals surface area contributed by atoms with Crippen LogP contribution in [-0.4, -0.2) is 16.3 Å². The molecular weight excluding hydrogens is 265 g/mol. The molecular formula is C14H17ClFN3. The maximum atomic E-state index is 14.1. The lowest BCUT2D eigenvalue weighted by molar-refractivity contribution is 0.532. The first-order valence-corrected chi connectivity index (χ1v) is 6.59. The van der Waals surface area contributed by atoms with E-state index in [1.54, 1.807) is 16.8 Å². The summed E-state index contributed by atoms with van der Waals surface area (Å²) in [6.07, 6.45) is 0. The van der Waals surface area contributed by atoms with Crippen LogP contribution in [0.3, 0.4) is 0 Å². The average Bonchev–Trinajstić information content (AvgIpc) is 2.66. The van der Waals surface area contributed by atoms with Crippen molar-refractivity contribution in [2.24, 2.45) is 7.05 Å². The molecule has 0 radical (unpaired) electrons. The van der Waals surface area contributed by atoms with Gasteiger partial charge in [-0.1, -0.05) is 24.6 Å². The third kappa shape index (κ3) is 2.96. The predicted molar refractivity (Wildman–Crippen MR) is 74.9 cm³/mol. The number of aromatic nitrogens is 2. The van der Waals surface area contributed by atoms with Gasteiger partial charge in [-0.15, -0.1) is 0 Å². The van der Waals surface area contributed by atoms with Crippen LogP contribution in [0.1, 0.15) is 29.9 Å². The zero-order valence-electron chi connectivity index (χ0n) is 11.2. The van der Waals surface area contributed by atoms with E-state index >= 15 is 0 Å². The van der Waals surface area contributed by atoms with Crippen molar-refractivity contribution in [1.82, 2.24) is 15.1 Å². The van der Waals surface area contributed by atoms with E-state index in [0.717, 1.165) is 17.9 Å². The van der Waals surface area contributed by atoms with Gasteiger partial charge in [-0.25, -0.2) is 4.39 Å². The van der Waals surface area contributed by atoms with Crippen LogP contribution in [0, 0.1) is 12.7 Å². The van der Waals surface area contributed by atoms with Gasteiger partial charge in [0.25, 0.3) is 0 Å². The third-order valence-corrected chi connectivity index (χ3v) is 3.25. The Hall–Kier alpha value is -1.39. The van der Waals surface area contributed by atoms with E-state index in [4.69, 9.17) is 11.6 Å². The van der Waals surface area contributed by atoms with Crippen molar-refractivity contribution in [3.05, 3.63) is 52.1 Å². The van der Waals surface area contributed by atoms with Crippen molar-refractivity contribution < 1.29 is 4.39 Å². The summed E-state index contributed by atoms with van der Waals surface area (Å²) in [4.78, 5) is 0. The first-order chi connectivity index (χ1) is 9.02. The van der Waals surface area contributed by atoms with Gasteiger partial charge >= 0.3 is 0 Å². The highest BCUT2D eigenvalue weighted by atomic mass is 35.5. The fraction of sp³-hybridized carbons (Fsp3) is 0.357. The number of aryl methyl sites for hydroxylation is 2. The summed E-state index contributed by atoms with van der Waals surface area (Å²) < 4.78 is 15.9. The molecule has 5 heteroatoms. The zero-order chi connectivity index (χ0) is 14.0. The molecule has 0 aliphatic carbocycles. The molecule has 1 unspecified atom stereocenters. The topological polar surface area (TPSA) is 29.9 Å². The smallest absolute Gasteiger partial charge is 0.129 e. The number of rotatable bonds is 4. The Labute approximate surface area is 117 Å². The van der Waals surface area contributed by atoms with Gasteiger partial charge in [-0.2, -0.15) is 5.10 Å². The lowest BCUT2D eigenvalue weighted by Crippen LogP contribution is -2.25. The van der Waals surface area contributed by atoms with Crippen molar-refractivity contribution in [1.29, 1.82) is 0 Å². The molecule has 0 aliphatic rings. The van der Waals surface area contributed by atoms with Gasteiger partial charge in [-0.3, -0.25) is 4.68 Å². The Morgan fingerprint density at radius 2 is 2.16 bits per heavy atom. The molecule has 2 rings (SSSR count). The van der Waals surface area contributed by atoms with Crippen LogP contribution in [0.5, 0.6) is 0 Å². The van der Waals surface area contributed by atoms with Crippen molar-refractivity contribution in [2.45, 2.75) is 19.9 Å². The molecule has 1 atom stereocenters. The predicted octanol–water partition coefficient (Wildman–Crippen LogP) is 3.22. The largest absolute Gasteiger partial charge is 0.305 e. The maximum Gasteiger partial charge on any atom is 0.129 e. The molecule has 19 heavy (non-hydrogen) atoms. The van der Waals surface area contributed by atoms with E-state index in [2.05, 4.69) is 10.4 Å². The number of hydrogen-bond acceptors (Lipinski definition) is 2. The summed E-state index contributed by atoms with van der Waals surface area (Å²) in [5.74, 6) is -0.308. The van der Waals surface area contributed by atoms with Crippen LogP contribution in [-0.2, 0) is 7.05 Å². The zero-order valence-corrected chi connectivity index (χ0v) is 12.0. The average molecular weight is 282 g/mol. The van der Waals surface area contributed by atoms with Crippen LogP contribution in [0.4, 0.5) is 4.39 Å². The lowest BCUT2D eigenvalue weighted by atomic mass is 10.0. The molecule has 1 aromatic heterocycles. The molecule has 2 aromatic rings. The van der Waals surface area contributed by atoms with Crippen LogP contribution in [0.25, 0.3) is 0 Å². The monoisotopic (exact) mass is 281 g/mol. The van der Waals surface area contributed by atoms with Gasteiger partial charge in [0, 0.05) is 17.6 Å². The fourth-order valence-corrected chi connectivity index (χ4v) is 2.37. The van der Waals surface area contributed by atoms with Gasteiger partial charge in [0.2, 0.25) is 0 Å². The Morgan fingerprint density at radius 3 is 2.68 bits per heavy atom. The second-order valence-electron chi connectivity index (χ2n) is 4.49. The number of halogens is 2. The van der Waals surface area contributed by atoms with Crippen LogP contribution >= 0.6 is 11.6 Å². The lowest BCUT2D eigenvalue weighted by Gasteiger charge is -2.19. The Bertz CT molecular complexity index is 580. The Balaban J connectivity index is 2.48. The normalized spacial score (nSPS) is 12.7. The van der Waals surface area contributed by atoms with Gasteiger partial charge in [0.1, 0.15) is 5.82 Å². The van der Waals surface area contributed by atoms with Gasteiger partial charge in [-0.05, 0) is 31.7 Å². The summed E-state index contributed by atoms with van der Waals surface area (Å²) in [5, 5.41) is 8.00. The molecule has 0 spiro atoms. The SMILES string of the molecule is CCNC(c1ccc(Cl)cc1F)c1cc(C)nn1C. The summed E-state index contributed by atoms with van der Waals surface area (Å²) in [6, 6.07) is 6.49. The second kappa shape index (κ2) is 5.72. The molecule has 1 N–H and O–H groups in total. The minimum atomic E-state index is -0.308. The van der Waals surface area contributed by atoms with Gasteiger partial charge < -0.3 is 5.32 Å². The van der Waals surface area contributed by atoms with Crippen molar-refractivity contribution >= 4 is 11.6 Å². The third-order valence-electron chi connectivity index (χ3n) is 3.02. The van der Waals surface area contributed by atoms with E-state index in [9.17, 15) is 4.39 Å². The van der Waals surface area contributed by atoms with Crippen molar-refractivity contribution in [3.63, 3.8) is 0 Å². The van der Waals surface area contributed by atoms with Crippen LogP contribution < -0.4 is 5.32 Å². The Kier molecular flexibility index (Phi) is 4.22. The van der Waals surface area contributed by atoms with Crippen LogP contribution in [0.2, 0.25) is 5.02 Å².